The molecule has 2 N–H and O–H groups in total. The second-order valence-electron chi connectivity index (χ2n) is 5.72. The molecule has 0 saturated heterocycles. The highest BCUT2D eigenvalue weighted by Crippen LogP contribution is 2.04. The van der Waals surface area contributed by atoms with Gasteiger partial charge in [-0.25, -0.2) is 0 Å². The Hall–Kier alpha value is -2.37. The number of aryl methyl sites for hydroxylation is 2. The predicted octanol–water partition coefficient (Wildman–Crippen LogP) is 1.81. The number of hydrogen-bond acceptors (Lipinski definition) is 3. The van der Waals surface area contributed by atoms with Crippen LogP contribution in [0.1, 0.15) is 30.6 Å². The van der Waals surface area contributed by atoms with E-state index in [2.05, 4.69) is 57.0 Å². The number of benzene rings is 1. The van der Waals surface area contributed by atoms with Crippen molar-refractivity contribution in [3.05, 3.63) is 47.5 Å². The Kier molecular flexibility index (Phi) is 6.14. The maximum Gasteiger partial charge on any atom is 0.191 e. The lowest BCUT2D eigenvalue weighted by molar-refractivity contribution is 0.590. The maximum absolute atomic E-state index is 4.27. The summed E-state index contributed by atoms with van der Waals surface area (Å²) in [5, 5.41) is 14.9. The number of nitrogens with zero attached hydrogens (tertiary/aromatic N) is 4. The Morgan fingerprint density at radius 1 is 1.26 bits per heavy atom. The van der Waals surface area contributed by atoms with Crippen molar-refractivity contribution in [3.63, 3.8) is 0 Å². The molecule has 1 unspecified atom stereocenters. The SMILES string of the molecule is CN=C(NCc1nnc(C)n1C)NC(C)CCc1ccccc1. The van der Waals surface area contributed by atoms with E-state index >= 15 is 0 Å². The summed E-state index contributed by atoms with van der Waals surface area (Å²) in [6, 6.07) is 10.9. The summed E-state index contributed by atoms with van der Waals surface area (Å²) in [4.78, 5) is 4.27. The number of hydrogen-bond donors (Lipinski definition) is 2. The van der Waals surface area contributed by atoms with E-state index in [-0.39, 0.29) is 0 Å². The van der Waals surface area contributed by atoms with Gasteiger partial charge in [-0.15, -0.1) is 10.2 Å². The Morgan fingerprint density at radius 3 is 2.61 bits per heavy atom. The Balaban J connectivity index is 1.78. The first-order chi connectivity index (χ1) is 11.1. The highest BCUT2D eigenvalue weighted by Gasteiger charge is 2.08. The topological polar surface area (TPSA) is 67.1 Å². The molecule has 0 bridgehead atoms. The van der Waals surface area contributed by atoms with Crippen LogP contribution in [0.15, 0.2) is 35.3 Å². The van der Waals surface area contributed by atoms with Crippen molar-refractivity contribution < 1.29 is 0 Å². The Morgan fingerprint density at radius 2 is 2.00 bits per heavy atom. The number of rotatable bonds is 6. The fourth-order valence-corrected chi connectivity index (χ4v) is 2.30. The number of aromatic nitrogens is 3. The molecule has 23 heavy (non-hydrogen) atoms. The quantitative estimate of drug-likeness (QED) is 0.630. The van der Waals surface area contributed by atoms with E-state index in [0.717, 1.165) is 30.5 Å². The lowest BCUT2D eigenvalue weighted by Gasteiger charge is -2.17. The summed E-state index contributed by atoms with van der Waals surface area (Å²) in [7, 11) is 3.74. The molecule has 0 aliphatic heterocycles. The van der Waals surface area contributed by atoms with Crippen molar-refractivity contribution >= 4 is 5.96 Å². The first-order valence-corrected chi connectivity index (χ1v) is 7.96. The molecule has 1 heterocycles. The zero-order valence-corrected chi connectivity index (χ0v) is 14.4. The van der Waals surface area contributed by atoms with Crippen LogP contribution in [0.2, 0.25) is 0 Å². The van der Waals surface area contributed by atoms with Gasteiger partial charge in [0, 0.05) is 20.1 Å². The van der Waals surface area contributed by atoms with Gasteiger partial charge in [0.15, 0.2) is 11.8 Å². The molecule has 124 valence electrons. The fourth-order valence-electron chi connectivity index (χ4n) is 2.30. The highest BCUT2D eigenvalue weighted by molar-refractivity contribution is 5.79. The van der Waals surface area contributed by atoms with Crippen molar-refractivity contribution in [3.8, 4) is 0 Å². The number of aliphatic imine (C=N–C) groups is 1. The normalized spacial score (nSPS) is 13.0. The predicted molar refractivity (Wildman–Crippen MR) is 93.3 cm³/mol. The summed E-state index contributed by atoms with van der Waals surface area (Å²) in [6.45, 7) is 4.71. The van der Waals surface area contributed by atoms with Gasteiger partial charge < -0.3 is 15.2 Å². The van der Waals surface area contributed by atoms with Crippen LogP contribution in [0.3, 0.4) is 0 Å². The van der Waals surface area contributed by atoms with Crippen LogP contribution in [-0.4, -0.2) is 33.8 Å². The van der Waals surface area contributed by atoms with Gasteiger partial charge in [-0.2, -0.15) is 0 Å². The van der Waals surface area contributed by atoms with Gasteiger partial charge in [0.1, 0.15) is 5.82 Å². The smallest absolute Gasteiger partial charge is 0.191 e. The molecular weight excluding hydrogens is 288 g/mol. The minimum atomic E-state index is 0.336. The minimum Gasteiger partial charge on any atom is -0.354 e. The molecule has 2 aromatic rings. The maximum atomic E-state index is 4.27. The molecule has 2 rings (SSSR count). The summed E-state index contributed by atoms with van der Waals surface area (Å²) >= 11 is 0. The monoisotopic (exact) mass is 314 g/mol. The third-order valence-corrected chi connectivity index (χ3v) is 3.91. The lowest BCUT2D eigenvalue weighted by Crippen LogP contribution is -2.42. The van der Waals surface area contributed by atoms with Crippen molar-refractivity contribution in [2.45, 2.75) is 39.3 Å². The van der Waals surface area contributed by atoms with Gasteiger partial charge in [-0.1, -0.05) is 30.3 Å². The molecule has 0 saturated carbocycles. The fraction of sp³-hybridized carbons (Fsp3) is 0.471. The average Bonchev–Trinajstić information content (AvgIpc) is 2.89. The molecule has 0 spiro atoms. The molecule has 0 aliphatic carbocycles. The average molecular weight is 314 g/mol. The summed E-state index contributed by atoms with van der Waals surface area (Å²) in [5.41, 5.74) is 1.36. The van der Waals surface area contributed by atoms with E-state index in [9.17, 15) is 0 Å². The van der Waals surface area contributed by atoms with Crippen LogP contribution in [0.25, 0.3) is 0 Å². The van der Waals surface area contributed by atoms with Crippen LogP contribution < -0.4 is 10.6 Å². The molecular formula is C17H26N6. The largest absolute Gasteiger partial charge is 0.354 e. The van der Waals surface area contributed by atoms with Crippen molar-refractivity contribution in [1.29, 1.82) is 0 Å². The van der Waals surface area contributed by atoms with Gasteiger partial charge >= 0.3 is 0 Å². The second-order valence-corrected chi connectivity index (χ2v) is 5.72. The molecule has 1 aromatic carbocycles. The minimum absolute atomic E-state index is 0.336. The van der Waals surface area contributed by atoms with Gasteiger partial charge in [0.2, 0.25) is 0 Å². The molecule has 0 aliphatic rings. The highest BCUT2D eigenvalue weighted by atomic mass is 15.3. The van der Waals surface area contributed by atoms with E-state index in [1.807, 2.05) is 24.6 Å². The lowest BCUT2D eigenvalue weighted by atomic mass is 10.1. The van der Waals surface area contributed by atoms with Crippen molar-refractivity contribution in [1.82, 2.24) is 25.4 Å². The van der Waals surface area contributed by atoms with Gasteiger partial charge in [0.25, 0.3) is 0 Å². The second kappa shape index (κ2) is 8.31. The third-order valence-electron chi connectivity index (χ3n) is 3.91. The Bertz CT molecular complexity index is 632. The zero-order valence-electron chi connectivity index (χ0n) is 14.4. The van der Waals surface area contributed by atoms with Crippen LogP contribution in [-0.2, 0) is 20.0 Å². The first-order valence-electron chi connectivity index (χ1n) is 7.96. The van der Waals surface area contributed by atoms with Gasteiger partial charge in [-0.3, -0.25) is 4.99 Å². The van der Waals surface area contributed by atoms with Crippen molar-refractivity contribution in [2.24, 2.45) is 12.0 Å². The number of guanidine groups is 1. The van der Waals surface area contributed by atoms with Gasteiger partial charge in [0.05, 0.1) is 6.54 Å². The zero-order chi connectivity index (χ0) is 16.7. The third kappa shape index (κ3) is 5.09. The van der Waals surface area contributed by atoms with Crippen LogP contribution in [0.5, 0.6) is 0 Å². The van der Waals surface area contributed by atoms with E-state index < -0.39 is 0 Å². The molecule has 0 fully saturated rings. The molecule has 0 amide bonds. The molecule has 6 heteroatoms. The first kappa shape index (κ1) is 17.0. The standard InChI is InChI=1S/C17H26N6/c1-13(10-11-15-8-6-5-7-9-15)20-17(18-3)19-12-16-22-21-14(2)23(16)4/h5-9,13H,10-12H2,1-4H3,(H2,18,19,20). The molecule has 0 radical (unpaired) electrons. The van der Waals surface area contributed by atoms with E-state index in [1.165, 1.54) is 5.56 Å². The summed E-state index contributed by atoms with van der Waals surface area (Å²) < 4.78 is 1.97. The van der Waals surface area contributed by atoms with E-state index in [0.29, 0.717) is 12.6 Å². The van der Waals surface area contributed by atoms with Crippen molar-refractivity contribution in [2.75, 3.05) is 7.05 Å². The molecule has 1 aromatic heterocycles. The van der Waals surface area contributed by atoms with Gasteiger partial charge in [-0.05, 0) is 32.3 Å². The Labute approximate surface area is 138 Å². The van der Waals surface area contributed by atoms with E-state index in [4.69, 9.17) is 0 Å². The van der Waals surface area contributed by atoms with Crippen LogP contribution in [0.4, 0.5) is 0 Å². The summed E-state index contributed by atoms with van der Waals surface area (Å²) in [5.74, 6) is 2.58. The molecule has 1 atom stereocenters. The van der Waals surface area contributed by atoms with Crippen LogP contribution >= 0.6 is 0 Å². The van der Waals surface area contributed by atoms with Crippen LogP contribution in [0, 0.1) is 6.92 Å². The molecule has 6 nitrogen and oxygen atoms in total. The number of nitrogens with one attached hydrogen (secondary N) is 2. The van der Waals surface area contributed by atoms with E-state index in [1.54, 1.807) is 7.05 Å². The summed E-state index contributed by atoms with van der Waals surface area (Å²) in [6.07, 6.45) is 2.10.